The average Bonchev–Trinajstić information content (AvgIpc) is 2.97. The van der Waals surface area contributed by atoms with Gasteiger partial charge in [-0.2, -0.15) is 0 Å². The largest absolute Gasteiger partial charge is 0.464 e. The molecule has 0 radical (unpaired) electrons. The Morgan fingerprint density at radius 1 is 1.50 bits per heavy atom. The van der Waals surface area contributed by atoms with Gasteiger partial charge in [-0.3, -0.25) is 0 Å². The Labute approximate surface area is 109 Å². The lowest BCUT2D eigenvalue weighted by Crippen LogP contribution is -2.13. The number of hydrogen-bond acceptors (Lipinski definition) is 4. The molecule has 1 aliphatic heterocycles. The molecule has 1 unspecified atom stereocenters. The minimum atomic E-state index is 0.280. The van der Waals surface area contributed by atoms with E-state index in [1.807, 2.05) is 6.92 Å². The predicted octanol–water partition coefficient (Wildman–Crippen LogP) is 2.39. The molecule has 18 heavy (non-hydrogen) atoms. The highest BCUT2D eigenvalue weighted by atomic mass is 16.5. The van der Waals surface area contributed by atoms with E-state index in [9.17, 15) is 0 Å². The minimum Gasteiger partial charge on any atom is -0.464 e. The molecule has 1 N–H and O–H groups in total. The van der Waals surface area contributed by atoms with E-state index in [4.69, 9.17) is 13.9 Å². The molecule has 1 aliphatic rings. The van der Waals surface area contributed by atoms with Gasteiger partial charge in [0, 0.05) is 18.7 Å². The van der Waals surface area contributed by atoms with Crippen LogP contribution in [-0.4, -0.2) is 25.9 Å². The van der Waals surface area contributed by atoms with E-state index in [0.717, 1.165) is 44.1 Å². The Morgan fingerprint density at radius 3 is 3.11 bits per heavy atom. The van der Waals surface area contributed by atoms with Crippen LogP contribution >= 0.6 is 0 Å². The van der Waals surface area contributed by atoms with Crippen molar-refractivity contribution in [1.82, 2.24) is 5.32 Å². The van der Waals surface area contributed by atoms with Crippen LogP contribution in [0.5, 0.6) is 0 Å². The molecule has 1 atom stereocenters. The smallest absolute Gasteiger partial charge is 0.130 e. The van der Waals surface area contributed by atoms with Gasteiger partial charge in [0.15, 0.2) is 0 Å². The second-order valence-electron chi connectivity index (χ2n) is 4.72. The number of hydrogen-bond donors (Lipinski definition) is 1. The molecule has 0 saturated carbocycles. The molecule has 1 aromatic rings. The summed E-state index contributed by atoms with van der Waals surface area (Å²) in [5, 5.41) is 3.30. The van der Waals surface area contributed by atoms with E-state index in [1.54, 1.807) is 0 Å². The van der Waals surface area contributed by atoms with Gasteiger partial charge in [0.05, 0.1) is 12.7 Å². The van der Waals surface area contributed by atoms with E-state index < -0.39 is 0 Å². The highest BCUT2D eigenvalue weighted by molar-refractivity contribution is 5.20. The third kappa shape index (κ3) is 3.83. The number of furan rings is 1. The Hall–Kier alpha value is -0.840. The second kappa shape index (κ2) is 6.92. The molecule has 0 amide bonds. The van der Waals surface area contributed by atoms with E-state index in [-0.39, 0.29) is 6.10 Å². The van der Waals surface area contributed by atoms with Crippen LogP contribution in [0.25, 0.3) is 0 Å². The van der Waals surface area contributed by atoms with E-state index in [0.29, 0.717) is 13.2 Å². The molecule has 0 aliphatic carbocycles. The van der Waals surface area contributed by atoms with Crippen molar-refractivity contribution in [1.29, 1.82) is 0 Å². The molecular formula is C14H23NO3. The fourth-order valence-corrected chi connectivity index (χ4v) is 2.16. The van der Waals surface area contributed by atoms with Gasteiger partial charge in [0.25, 0.3) is 0 Å². The fourth-order valence-electron chi connectivity index (χ4n) is 2.16. The van der Waals surface area contributed by atoms with Crippen molar-refractivity contribution < 1.29 is 13.9 Å². The SMILES string of the molecule is CCNCc1cc(COCC2CCCO2)oc1C. The molecule has 102 valence electrons. The van der Waals surface area contributed by atoms with Crippen molar-refractivity contribution in [3.8, 4) is 0 Å². The molecule has 0 bridgehead atoms. The van der Waals surface area contributed by atoms with Crippen molar-refractivity contribution in [3.63, 3.8) is 0 Å². The van der Waals surface area contributed by atoms with Crippen LogP contribution in [0.4, 0.5) is 0 Å². The number of nitrogens with one attached hydrogen (secondary N) is 1. The number of ether oxygens (including phenoxy) is 2. The normalized spacial score (nSPS) is 19.6. The van der Waals surface area contributed by atoms with E-state index >= 15 is 0 Å². The topological polar surface area (TPSA) is 43.6 Å². The first-order valence-corrected chi connectivity index (χ1v) is 6.78. The summed E-state index contributed by atoms with van der Waals surface area (Å²) in [4.78, 5) is 0. The molecule has 4 heteroatoms. The summed E-state index contributed by atoms with van der Waals surface area (Å²) >= 11 is 0. The maximum absolute atomic E-state index is 5.67. The molecule has 1 saturated heterocycles. The van der Waals surface area contributed by atoms with Crippen molar-refractivity contribution in [2.45, 2.75) is 45.9 Å². The van der Waals surface area contributed by atoms with Crippen molar-refractivity contribution >= 4 is 0 Å². The first-order valence-electron chi connectivity index (χ1n) is 6.78. The number of aryl methyl sites for hydroxylation is 1. The summed E-state index contributed by atoms with van der Waals surface area (Å²) in [6.07, 6.45) is 2.55. The average molecular weight is 253 g/mol. The summed E-state index contributed by atoms with van der Waals surface area (Å²) in [5.74, 6) is 1.88. The molecular weight excluding hydrogens is 230 g/mol. The molecule has 1 aromatic heterocycles. The molecule has 4 nitrogen and oxygen atoms in total. The first-order chi connectivity index (χ1) is 8.79. The van der Waals surface area contributed by atoms with Gasteiger partial charge in [0.1, 0.15) is 18.1 Å². The van der Waals surface area contributed by atoms with E-state index in [1.165, 1.54) is 5.56 Å². The zero-order valence-electron chi connectivity index (χ0n) is 11.3. The van der Waals surface area contributed by atoms with Gasteiger partial charge >= 0.3 is 0 Å². The van der Waals surface area contributed by atoms with Gasteiger partial charge in [0.2, 0.25) is 0 Å². The van der Waals surface area contributed by atoms with Gasteiger partial charge in [-0.25, -0.2) is 0 Å². The Bertz CT molecular complexity index is 356. The third-order valence-corrected chi connectivity index (χ3v) is 3.21. The van der Waals surface area contributed by atoms with Crippen LogP contribution in [0.2, 0.25) is 0 Å². The predicted molar refractivity (Wildman–Crippen MR) is 69.5 cm³/mol. The second-order valence-corrected chi connectivity index (χ2v) is 4.72. The zero-order valence-corrected chi connectivity index (χ0v) is 11.3. The van der Waals surface area contributed by atoms with Crippen LogP contribution in [-0.2, 0) is 22.6 Å². The van der Waals surface area contributed by atoms with E-state index in [2.05, 4.69) is 18.3 Å². The Morgan fingerprint density at radius 2 is 2.39 bits per heavy atom. The summed E-state index contributed by atoms with van der Waals surface area (Å²) in [6, 6.07) is 2.08. The van der Waals surface area contributed by atoms with Crippen LogP contribution in [0, 0.1) is 6.92 Å². The standard InChI is InChI=1S/C14H23NO3/c1-3-15-8-12-7-14(18-11(12)2)10-16-9-13-5-4-6-17-13/h7,13,15H,3-6,8-10H2,1-2H3. The summed E-state index contributed by atoms with van der Waals surface area (Å²) in [7, 11) is 0. The summed E-state index contributed by atoms with van der Waals surface area (Å²) < 4.78 is 16.8. The highest BCUT2D eigenvalue weighted by Gasteiger charge is 2.15. The van der Waals surface area contributed by atoms with Gasteiger partial charge in [-0.15, -0.1) is 0 Å². The highest BCUT2D eigenvalue weighted by Crippen LogP contribution is 2.17. The van der Waals surface area contributed by atoms with Crippen LogP contribution < -0.4 is 5.32 Å². The molecule has 0 aromatic carbocycles. The van der Waals surface area contributed by atoms with Crippen molar-refractivity contribution in [3.05, 3.63) is 23.2 Å². The molecule has 2 heterocycles. The lowest BCUT2D eigenvalue weighted by Gasteiger charge is -2.08. The molecule has 0 spiro atoms. The maximum atomic E-state index is 5.67. The van der Waals surface area contributed by atoms with Crippen molar-refractivity contribution in [2.24, 2.45) is 0 Å². The first kappa shape index (κ1) is 13.6. The van der Waals surface area contributed by atoms with Gasteiger partial charge in [-0.05, 0) is 32.4 Å². The summed E-state index contributed by atoms with van der Waals surface area (Å²) in [6.45, 7) is 8.00. The van der Waals surface area contributed by atoms with Crippen molar-refractivity contribution in [2.75, 3.05) is 19.8 Å². The molecule has 1 fully saturated rings. The van der Waals surface area contributed by atoms with Crippen LogP contribution in [0.1, 0.15) is 36.8 Å². The fraction of sp³-hybridized carbons (Fsp3) is 0.714. The third-order valence-electron chi connectivity index (χ3n) is 3.21. The van der Waals surface area contributed by atoms with Crippen LogP contribution in [0.3, 0.4) is 0 Å². The van der Waals surface area contributed by atoms with Gasteiger partial charge in [-0.1, -0.05) is 6.92 Å². The summed E-state index contributed by atoms with van der Waals surface area (Å²) in [5.41, 5.74) is 1.22. The number of rotatable bonds is 7. The zero-order chi connectivity index (χ0) is 12.8. The van der Waals surface area contributed by atoms with Crippen LogP contribution in [0.15, 0.2) is 10.5 Å². The lowest BCUT2D eigenvalue weighted by molar-refractivity contribution is 0.00566. The Kier molecular flexibility index (Phi) is 5.23. The molecule has 2 rings (SSSR count). The lowest BCUT2D eigenvalue weighted by atomic mass is 10.2. The quantitative estimate of drug-likeness (QED) is 0.810. The minimum absolute atomic E-state index is 0.280. The van der Waals surface area contributed by atoms with Gasteiger partial charge < -0.3 is 19.2 Å². The monoisotopic (exact) mass is 253 g/mol. The maximum Gasteiger partial charge on any atom is 0.130 e. The Balaban J connectivity index is 1.74.